The largest absolute Gasteiger partial charge is 0.322 e. The van der Waals surface area contributed by atoms with E-state index in [1.54, 1.807) is 6.07 Å². The second-order valence-corrected chi connectivity index (χ2v) is 7.60. The summed E-state index contributed by atoms with van der Waals surface area (Å²) in [5, 5.41) is 1.72. The first-order chi connectivity index (χ1) is 11.9. The van der Waals surface area contributed by atoms with Gasteiger partial charge < -0.3 is 10.3 Å². The van der Waals surface area contributed by atoms with Gasteiger partial charge in [0.15, 0.2) is 0 Å². The minimum Gasteiger partial charge on any atom is -0.322 e. The van der Waals surface area contributed by atoms with Crippen LogP contribution in [0.5, 0.6) is 0 Å². The molecular weight excluding hydrogens is 377 g/mol. The van der Waals surface area contributed by atoms with Crippen molar-refractivity contribution >= 4 is 45.8 Å². The first-order valence-electron chi connectivity index (χ1n) is 8.26. The Hall–Kier alpha value is -1.26. The molecule has 0 aliphatic carbocycles. The molecule has 0 spiro atoms. The SMILES string of the molecule is CC[C@H](C)[C@H](N)c1nc2cc(Cl)c(Cl)cc2n1Cc1ccc(Cl)cc1. The van der Waals surface area contributed by atoms with Crippen LogP contribution in [-0.2, 0) is 6.54 Å². The maximum atomic E-state index is 6.50. The van der Waals surface area contributed by atoms with Crippen molar-refractivity contribution in [2.24, 2.45) is 11.7 Å². The summed E-state index contributed by atoms with van der Waals surface area (Å²) in [4.78, 5) is 4.77. The van der Waals surface area contributed by atoms with Gasteiger partial charge >= 0.3 is 0 Å². The van der Waals surface area contributed by atoms with Crippen LogP contribution in [0.25, 0.3) is 11.0 Å². The maximum Gasteiger partial charge on any atom is 0.127 e. The summed E-state index contributed by atoms with van der Waals surface area (Å²) in [5.74, 6) is 1.16. The Morgan fingerprint density at radius 2 is 1.72 bits per heavy atom. The average Bonchev–Trinajstić information content (AvgIpc) is 2.93. The molecule has 2 N–H and O–H groups in total. The van der Waals surface area contributed by atoms with Crippen molar-refractivity contribution in [3.8, 4) is 0 Å². The van der Waals surface area contributed by atoms with Crippen LogP contribution in [-0.4, -0.2) is 9.55 Å². The van der Waals surface area contributed by atoms with Gasteiger partial charge in [0.2, 0.25) is 0 Å². The second kappa shape index (κ2) is 7.55. The number of hydrogen-bond acceptors (Lipinski definition) is 2. The quantitative estimate of drug-likeness (QED) is 0.567. The fourth-order valence-corrected chi connectivity index (χ4v) is 3.28. The minimum absolute atomic E-state index is 0.165. The predicted molar refractivity (Wildman–Crippen MR) is 107 cm³/mol. The second-order valence-electron chi connectivity index (χ2n) is 6.35. The van der Waals surface area contributed by atoms with E-state index >= 15 is 0 Å². The highest BCUT2D eigenvalue weighted by Crippen LogP contribution is 2.32. The number of hydrogen-bond donors (Lipinski definition) is 1. The molecule has 2 atom stereocenters. The van der Waals surface area contributed by atoms with Gasteiger partial charge in [-0.1, -0.05) is 67.2 Å². The van der Waals surface area contributed by atoms with E-state index in [9.17, 15) is 0 Å². The van der Waals surface area contributed by atoms with Crippen LogP contribution in [0.4, 0.5) is 0 Å². The van der Waals surface area contributed by atoms with Crippen LogP contribution in [0.3, 0.4) is 0 Å². The zero-order valence-corrected chi connectivity index (χ0v) is 16.4. The molecule has 0 fully saturated rings. The van der Waals surface area contributed by atoms with Gasteiger partial charge in [-0.25, -0.2) is 4.98 Å². The van der Waals surface area contributed by atoms with Crippen LogP contribution >= 0.6 is 34.8 Å². The number of rotatable bonds is 5. The molecule has 2 aromatic carbocycles. The van der Waals surface area contributed by atoms with Gasteiger partial charge in [0.1, 0.15) is 5.82 Å². The lowest BCUT2D eigenvalue weighted by molar-refractivity contribution is 0.428. The molecular formula is C19H20Cl3N3. The lowest BCUT2D eigenvalue weighted by Crippen LogP contribution is -2.23. The van der Waals surface area contributed by atoms with Crippen LogP contribution in [0.15, 0.2) is 36.4 Å². The van der Waals surface area contributed by atoms with Crippen LogP contribution < -0.4 is 5.73 Å². The fraction of sp³-hybridized carbons (Fsp3) is 0.316. The molecule has 3 nitrogen and oxygen atoms in total. The Morgan fingerprint density at radius 1 is 1.08 bits per heavy atom. The Balaban J connectivity index is 2.14. The third kappa shape index (κ3) is 3.80. The number of aromatic nitrogens is 2. The van der Waals surface area contributed by atoms with Crippen LogP contribution in [0, 0.1) is 5.92 Å². The Labute approximate surface area is 162 Å². The molecule has 25 heavy (non-hydrogen) atoms. The molecule has 0 bridgehead atoms. The Bertz CT molecular complexity index is 887. The maximum absolute atomic E-state index is 6.50. The van der Waals surface area contributed by atoms with Gasteiger partial charge in [0, 0.05) is 11.6 Å². The topological polar surface area (TPSA) is 43.8 Å². The molecule has 0 aliphatic heterocycles. The van der Waals surface area contributed by atoms with Crippen molar-refractivity contribution in [2.45, 2.75) is 32.9 Å². The van der Waals surface area contributed by atoms with Gasteiger partial charge in [0.05, 0.1) is 27.1 Å². The Kier molecular flexibility index (Phi) is 5.59. The molecule has 0 saturated heterocycles. The van der Waals surface area contributed by atoms with Gasteiger partial charge in [-0.15, -0.1) is 0 Å². The summed E-state index contributed by atoms with van der Waals surface area (Å²) in [5.41, 5.74) is 9.35. The summed E-state index contributed by atoms with van der Waals surface area (Å²) < 4.78 is 2.12. The standard InChI is InChI=1S/C19H20Cl3N3/c1-3-11(2)18(23)19-24-16-8-14(21)15(22)9-17(16)25(19)10-12-4-6-13(20)7-5-12/h4-9,11,18H,3,10,23H2,1-2H3/t11-,18-/m0/s1. The van der Waals surface area contributed by atoms with E-state index in [2.05, 4.69) is 18.4 Å². The zero-order chi connectivity index (χ0) is 18.1. The number of imidazole rings is 1. The lowest BCUT2D eigenvalue weighted by Gasteiger charge is -2.20. The number of benzene rings is 2. The minimum atomic E-state index is -0.165. The number of fused-ring (bicyclic) bond motifs is 1. The highest BCUT2D eigenvalue weighted by Gasteiger charge is 2.22. The van der Waals surface area contributed by atoms with E-state index in [-0.39, 0.29) is 6.04 Å². The third-order valence-electron chi connectivity index (χ3n) is 4.63. The summed E-state index contributed by atoms with van der Waals surface area (Å²) in [6.45, 7) is 4.91. The average molecular weight is 397 g/mol. The van der Waals surface area contributed by atoms with Crippen molar-refractivity contribution < 1.29 is 0 Å². The highest BCUT2D eigenvalue weighted by molar-refractivity contribution is 6.42. The molecule has 1 heterocycles. The predicted octanol–water partition coefficient (Wildman–Crippen LogP) is 6.09. The molecule has 3 aromatic rings. The van der Waals surface area contributed by atoms with Crippen molar-refractivity contribution in [1.29, 1.82) is 0 Å². The number of halogens is 3. The number of nitrogens with zero attached hydrogens (tertiary/aromatic N) is 2. The number of nitrogens with two attached hydrogens (primary N) is 1. The zero-order valence-electron chi connectivity index (χ0n) is 14.1. The van der Waals surface area contributed by atoms with Crippen LogP contribution in [0.1, 0.15) is 37.7 Å². The lowest BCUT2D eigenvalue weighted by atomic mass is 9.99. The van der Waals surface area contributed by atoms with Gasteiger partial charge in [-0.05, 0) is 35.7 Å². The van der Waals surface area contributed by atoms with E-state index in [1.165, 1.54) is 0 Å². The Morgan fingerprint density at radius 3 is 2.36 bits per heavy atom. The molecule has 0 unspecified atom stereocenters. The van der Waals surface area contributed by atoms with Crippen molar-refractivity contribution in [3.05, 3.63) is 62.9 Å². The monoisotopic (exact) mass is 395 g/mol. The summed E-state index contributed by atoms with van der Waals surface area (Å²) in [6, 6.07) is 11.3. The molecule has 0 radical (unpaired) electrons. The highest BCUT2D eigenvalue weighted by atomic mass is 35.5. The van der Waals surface area contributed by atoms with E-state index in [0.29, 0.717) is 27.5 Å². The smallest absolute Gasteiger partial charge is 0.127 e. The molecule has 132 valence electrons. The molecule has 0 aliphatic rings. The fourth-order valence-electron chi connectivity index (χ4n) is 2.84. The molecule has 6 heteroatoms. The van der Waals surface area contributed by atoms with E-state index < -0.39 is 0 Å². The van der Waals surface area contributed by atoms with Crippen molar-refractivity contribution in [3.63, 3.8) is 0 Å². The third-order valence-corrected chi connectivity index (χ3v) is 5.60. The van der Waals surface area contributed by atoms with E-state index in [1.807, 2.05) is 30.3 Å². The molecule has 3 rings (SSSR count). The summed E-state index contributed by atoms with van der Waals surface area (Å²) in [7, 11) is 0. The van der Waals surface area contributed by atoms with Gasteiger partial charge in [-0.2, -0.15) is 0 Å². The van der Waals surface area contributed by atoms with Gasteiger partial charge in [-0.3, -0.25) is 0 Å². The summed E-state index contributed by atoms with van der Waals surface area (Å²) in [6.07, 6.45) is 0.979. The molecule has 1 aromatic heterocycles. The van der Waals surface area contributed by atoms with Crippen LogP contribution in [0.2, 0.25) is 15.1 Å². The first kappa shape index (κ1) is 18.5. The summed E-state index contributed by atoms with van der Waals surface area (Å²) >= 11 is 18.4. The van der Waals surface area contributed by atoms with Crippen molar-refractivity contribution in [2.75, 3.05) is 0 Å². The first-order valence-corrected chi connectivity index (χ1v) is 9.39. The van der Waals surface area contributed by atoms with E-state index in [0.717, 1.165) is 28.8 Å². The van der Waals surface area contributed by atoms with Crippen molar-refractivity contribution in [1.82, 2.24) is 9.55 Å². The van der Waals surface area contributed by atoms with Gasteiger partial charge in [0.25, 0.3) is 0 Å². The molecule has 0 amide bonds. The normalized spacial score (nSPS) is 14.0. The molecule has 0 saturated carbocycles. The van der Waals surface area contributed by atoms with E-state index in [4.69, 9.17) is 45.5 Å².